The summed E-state index contributed by atoms with van der Waals surface area (Å²) < 4.78 is 27.1. The van der Waals surface area contributed by atoms with Gasteiger partial charge in [-0.2, -0.15) is 0 Å². The van der Waals surface area contributed by atoms with Gasteiger partial charge in [-0.3, -0.25) is 0 Å². The quantitative estimate of drug-likeness (QED) is 0.290. The number of allylic oxidation sites excluding steroid dienone is 1. The minimum Gasteiger partial charge on any atom is -0.307 e. The third-order valence-corrected chi connectivity index (χ3v) is 5.09. The van der Waals surface area contributed by atoms with Crippen molar-refractivity contribution in [2.75, 3.05) is 0 Å². The molecule has 0 fully saturated rings. The van der Waals surface area contributed by atoms with Crippen LogP contribution in [0.25, 0.3) is 0 Å². The number of hydrogen-bond acceptors (Lipinski definition) is 2. The lowest BCUT2D eigenvalue weighted by molar-refractivity contribution is -0.0980. The number of benzene rings is 2. The molecule has 0 spiro atoms. The van der Waals surface area contributed by atoms with Crippen molar-refractivity contribution in [3.05, 3.63) is 89.5 Å². The van der Waals surface area contributed by atoms with Gasteiger partial charge in [0.2, 0.25) is 0 Å². The Kier molecular flexibility index (Phi) is 20.1. The largest absolute Gasteiger partial charge is 0.307 e. The molecule has 0 aliphatic carbocycles. The van der Waals surface area contributed by atoms with E-state index in [2.05, 4.69) is 20.1 Å². The fraction of sp³-hybridized carbons (Fsp3) is 0.370. The van der Waals surface area contributed by atoms with Crippen LogP contribution < -0.4 is 0 Å². The third kappa shape index (κ3) is 14.5. The van der Waals surface area contributed by atoms with Gasteiger partial charge in [-0.1, -0.05) is 62.1 Å². The van der Waals surface area contributed by atoms with Crippen molar-refractivity contribution in [3.8, 4) is 0 Å². The van der Waals surface area contributed by atoms with Gasteiger partial charge in [0.05, 0.1) is 0 Å². The van der Waals surface area contributed by atoms with Gasteiger partial charge in [0.1, 0.15) is 24.4 Å². The van der Waals surface area contributed by atoms with Crippen LogP contribution in [0.5, 0.6) is 0 Å². The van der Waals surface area contributed by atoms with Gasteiger partial charge in [-0.15, -0.1) is 6.58 Å². The first kappa shape index (κ1) is 31.6. The lowest BCUT2D eigenvalue weighted by Gasteiger charge is -2.24. The van der Waals surface area contributed by atoms with E-state index in [1.165, 1.54) is 29.7 Å². The summed E-state index contributed by atoms with van der Waals surface area (Å²) in [4.78, 5) is 16.6. The Morgan fingerprint density at radius 2 is 1.66 bits per heavy atom. The number of hydrogen-bond donors (Lipinski definition) is 0. The van der Waals surface area contributed by atoms with Crippen LogP contribution in [0.15, 0.2) is 61.7 Å². The first-order chi connectivity index (χ1) is 15.3. The normalized spacial score (nSPS) is 11.1. The minimum absolute atomic E-state index is 0.0437. The van der Waals surface area contributed by atoms with Crippen molar-refractivity contribution >= 4 is 24.3 Å². The number of rotatable bonds is 8. The maximum atomic E-state index is 13.8. The molecule has 0 aromatic heterocycles. The fourth-order valence-corrected chi connectivity index (χ4v) is 3.22. The average molecular weight is 465 g/mol. The molecule has 0 aliphatic rings. The van der Waals surface area contributed by atoms with Crippen LogP contribution in [0.2, 0.25) is 5.02 Å². The molecule has 2 aromatic rings. The molecule has 0 N–H and O–H groups in total. The van der Waals surface area contributed by atoms with Gasteiger partial charge in [-0.25, -0.2) is 13.6 Å². The molecule has 0 saturated carbocycles. The maximum Gasteiger partial charge on any atom is 0.126 e. The molecule has 0 radical (unpaired) electrons. The Morgan fingerprint density at radius 1 is 1.09 bits per heavy atom. The van der Waals surface area contributed by atoms with E-state index in [0.29, 0.717) is 11.5 Å². The van der Waals surface area contributed by atoms with Gasteiger partial charge in [-0.05, 0) is 80.5 Å². The summed E-state index contributed by atoms with van der Waals surface area (Å²) in [5.41, 5.74) is 1.75. The number of halogens is 3. The van der Waals surface area contributed by atoms with Gasteiger partial charge in [0.25, 0.3) is 0 Å². The average Bonchev–Trinajstić information content (AvgIpc) is 2.79. The van der Waals surface area contributed by atoms with E-state index in [1.807, 2.05) is 51.0 Å². The minimum atomic E-state index is -0.360. The standard InChI is InChI=1S/C17H24F2.C7H7Cl.C2H2O.CH2O/c1-4-6-8-14(9-7-5-2)13(3)16-12-15(18)10-11-17(16)19;1-6-2-4-7(8)5-3-6;1-2-3;1-2/h4,10-14H,1,5-9H2,2-3H3;2-5H,1H3;1H2;1H2. The van der Waals surface area contributed by atoms with Crippen LogP contribution in [-0.4, -0.2) is 12.7 Å². The van der Waals surface area contributed by atoms with Crippen molar-refractivity contribution < 1.29 is 18.4 Å². The first-order valence-corrected chi connectivity index (χ1v) is 10.9. The van der Waals surface area contributed by atoms with Gasteiger partial charge in [0, 0.05) is 5.02 Å². The van der Waals surface area contributed by atoms with E-state index in [1.54, 1.807) is 0 Å². The van der Waals surface area contributed by atoms with E-state index >= 15 is 0 Å². The van der Waals surface area contributed by atoms with Crippen LogP contribution in [0, 0.1) is 24.5 Å². The van der Waals surface area contributed by atoms with Gasteiger partial charge in [0.15, 0.2) is 0 Å². The Hall–Kier alpha value is -2.55. The zero-order valence-electron chi connectivity index (χ0n) is 19.4. The fourth-order valence-electron chi connectivity index (χ4n) is 3.09. The first-order valence-electron chi connectivity index (χ1n) is 10.5. The Bertz CT molecular complexity index is 764. The third-order valence-electron chi connectivity index (χ3n) is 4.84. The molecule has 5 heteroatoms. The second-order valence-electron chi connectivity index (χ2n) is 7.16. The smallest absolute Gasteiger partial charge is 0.126 e. The summed E-state index contributed by atoms with van der Waals surface area (Å²) in [6.07, 6.45) is 7.12. The topological polar surface area (TPSA) is 34.1 Å². The zero-order valence-corrected chi connectivity index (χ0v) is 20.1. The molecule has 2 aromatic carbocycles. The molecule has 0 amide bonds. The Balaban J connectivity index is 0. The Labute approximate surface area is 197 Å². The summed E-state index contributed by atoms with van der Waals surface area (Å²) in [5, 5.41) is 0.801. The molecule has 2 unspecified atom stereocenters. The Morgan fingerprint density at radius 3 is 2.12 bits per heavy atom. The molecular formula is C27H35ClF2O2. The van der Waals surface area contributed by atoms with Crippen molar-refractivity contribution in [1.82, 2.24) is 0 Å². The maximum absolute atomic E-state index is 13.8. The highest BCUT2D eigenvalue weighted by Crippen LogP contribution is 2.33. The van der Waals surface area contributed by atoms with Crippen molar-refractivity contribution in [2.24, 2.45) is 5.92 Å². The summed E-state index contributed by atoms with van der Waals surface area (Å²) in [7, 11) is 0. The molecule has 2 rings (SSSR count). The summed E-state index contributed by atoms with van der Waals surface area (Å²) >= 11 is 5.61. The van der Waals surface area contributed by atoms with E-state index in [-0.39, 0.29) is 17.6 Å². The summed E-state index contributed by atoms with van der Waals surface area (Å²) in [5.74, 6) is 1.02. The van der Waals surface area contributed by atoms with E-state index in [0.717, 1.165) is 37.1 Å². The van der Waals surface area contributed by atoms with Crippen LogP contribution in [-0.2, 0) is 9.59 Å². The molecule has 2 nitrogen and oxygen atoms in total. The molecule has 2 atom stereocenters. The molecule has 0 heterocycles. The highest BCUT2D eigenvalue weighted by atomic mass is 35.5. The van der Waals surface area contributed by atoms with Gasteiger partial charge >= 0.3 is 0 Å². The van der Waals surface area contributed by atoms with E-state index in [9.17, 15) is 8.78 Å². The highest BCUT2D eigenvalue weighted by Gasteiger charge is 2.21. The summed E-state index contributed by atoms with van der Waals surface area (Å²) in [6, 6.07) is 11.5. The van der Waals surface area contributed by atoms with Crippen molar-refractivity contribution in [1.29, 1.82) is 0 Å². The number of unbranched alkanes of at least 4 members (excludes halogenated alkanes) is 1. The SMILES string of the molecule is C=C=O.C=CCCC(CCCC)C(C)c1cc(F)ccc1F.C=O.Cc1ccc(Cl)cc1. The molecule has 0 saturated heterocycles. The second kappa shape index (κ2) is 20.4. The number of carbonyl (C=O) groups is 1. The predicted molar refractivity (Wildman–Crippen MR) is 132 cm³/mol. The van der Waals surface area contributed by atoms with E-state index in [4.69, 9.17) is 21.2 Å². The van der Waals surface area contributed by atoms with Crippen LogP contribution >= 0.6 is 11.6 Å². The number of aryl methyl sites for hydroxylation is 1. The monoisotopic (exact) mass is 464 g/mol. The lowest BCUT2D eigenvalue weighted by Crippen LogP contribution is -2.12. The molecule has 176 valence electrons. The zero-order chi connectivity index (χ0) is 24.9. The molecule has 0 aliphatic heterocycles. The summed E-state index contributed by atoms with van der Waals surface area (Å²) in [6.45, 7) is 14.6. The molecular weight excluding hydrogens is 430 g/mol. The van der Waals surface area contributed by atoms with Crippen molar-refractivity contribution in [2.45, 2.75) is 58.8 Å². The van der Waals surface area contributed by atoms with Crippen LogP contribution in [0.4, 0.5) is 8.78 Å². The lowest BCUT2D eigenvalue weighted by atomic mass is 9.81. The highest BCUT2D eigenvalue weighted by molar-refractivity contribution is 6.30. The van der Waals surface area contributed by atoms with Crippen LogP contribution in [0.1, 0.15) is 63.0 Å². The molecule has 32 heavy (non-hydrogen) atoms. The van der Waals surface area contributed by atoms with E-state index < -0.39 is 0 Å². The van der Waals surface area contributed by atoms with Crippen molar-refractivity contribution in [3.63, 3.8) is 0 Å². The second-order valence-corrected chi connectivity index (χ2v) is 7.60. The molecule has 0 bridgehead atoms. The predicted octanol–water partition coefficient (Wildman–Crippen LogP) is 8.31. The van der Waals surface area contributed by atoms with Crippen LogP contribution in [0.3, 0.4) is 0 Å². The van der Waals surface area contributed by atoms with Gasteiger partial charge < -0.3 is 4.79 Å². The number of carbonyl (C=O) groups excluding carboxylic acids is 2.